The predicted molar refractivity (Wildman–Crippen MR) is 74.7 cm³/mol. The number of rotatable bonds is 5. The highest BCUT2D eigenvalue weighted by Gasteiger charge is 2.08. The predicted octanol–water partition coefficient (Wildman–Crippen LogP) is 2.56. The van der Waals surface area contributed by atoms with E-state index < -0.39 is 5.97 Å². The number of aromatic carboxylic acids is 1. The van der Waals surface area contributed by atoms with Gasteiger partial charge >= 0.3 is 5.97 Å². The first-order valence-electron chi connectivity index (χ1n) is 6.33. The SMILES string of the molecule is CCCCN(C)c1ncc2cc(C(=O)O)ccc2n1. The fraction of sp³-hybridized carbons (Fsp3) is 0.357. The quantitative estimate of drug-likeness (QED) is 0.893. The Hall–Kier alpha value is -2.17. The number of hydrogen-bond acceptors (Lipinski definition) is 4. The monoisotopic (exact) mass is 259 g/mol. The number of fused-ring (bicyclic) bond motifs is 1. The third kappa shape index (κ3) is 2.99. The summed E-state index contributed by atoms with van der Waals surface area (Å²) in [7, 11) is 1.96. The first kappa shape index (κ1) is 13.3. The molecule has 100 valence electrons. The first-order chi connectivity index (χ1) is 9.11. The van der Waals surface area contributed by atoms with Crippen LogP contribution in [0, 0.1) is 0 Å². The molecule has 0 amide bonds. The van der Waals surface area contributed by atoms with Crippen LogP contribution in [0.4, 0.5) is 5.95 Å². The van der Waals surface area contributed by atoms with Crippen molar-refractivity contribution in [1.29, 1.82) is 0 Å². The fourth-order valence-electron chi connectivity index (χ4n) is 1.84. The van der Waals surface area contributed by atoms with Crippen LogP contribution in [0.15, 0.2) is 24.4 Å². The lowest BCUT2D eigenvalue weighted by atomic mass is 10.1. The van der Waals surface area contributed by atoms with Gasteiger partial charge in [0.05, 0.1) is 11.1 Å². The Morgan fingerprint density at radius 2 is 2.21 bits per heavy atom. The van der Waals surface area contributed by atoms with Crippen molar-refractivity contribution in [3.05, 3.63) is 30.0 Å². The van der Waals surface area contributed by atoms with Crippen molar-refractivity contribution in [1.82, 2.24) is 9.97 Å². The number of unbranched alkanes of at least 4 members (excludes halogenated alkanes) is 1. The minimum atomic E-state index is -0.939. The molecule has 5 heteroatoms. The standard InChI is InChI=1S/C14H17N3O2/c1-3-4-7-17(2)14-15-9-11-8-10(13(18)19)5-6-12(11)16-14/h5-6,8-9H,3-4,7H2,1-2H3,(H,18,19). The van der Waals surface area contributed by atoms with Crippen LogP contribution in [-0.4, -0.2) is 34.6 Å². The molecule has 0 fully saturated rings. The number of benzene rings is 1. The van der Waals surface area contributed by atoms with Gasteiger partial charge in [-0.25, -0.2) is 14.8 Å². The highest BCUT2D eigenvalue weighted by Crippen LogP contribution is 2.16. The van der Waals surface area contributed by atoms with E-state index in [0.717, 1.165) is 30.3 Å². The lowest BCUT2D eigenvalue weighted by Gasteiger charge is -2.16. The van der Waals surface area contributed by atoms with Gasteiger partial charge in [-0.1, -0.05) is 13.3 Å². The largest absolute Gasteiger partial charge is 0.478 e. The van der Waals surface area contributed by atoms with Crippen LogP contribution in [0.25, 0.3) is 10.9 Å². The summed E-state index contributed by atoms with van der Waals surface area (Å²) in [4.78, 5) is 21.6. The van der Waals surface area contributed by atoms with Crippen LogP contribution >= 0.6 is 0 Å². The molecule has 0 aliphatic carbocycles. The Morgan fingerprint density at radius 3 is 2.89 bits per heavy atom. The molecule has 0 unspecified atom stereocenters. The van der Waals surface area contributed by atoms with E-state index in [-0.39, 0.29) is 5.56 Å². The van der Waals surface area contributed by atoms with E-state index in [1.54, 1.807) is 24.4 Å². The third-order valence-electron chi connectivity index (χ3n) is 3.00. The van der Waals surface area contributed by atoms with Crippen LogP contribution in [-0.2, 0) is 0 Å². The van der Waals surface area contributed by atoms with E-state index in [2.05, 4.69) is 16.9 Å². The van der Waals surface area contributed by atoms with Crippen LogP contribution in [0.5, 0.6) is 0 Å². The minimum absolute atomic E-state index is 0.253. The molecule has 0 saturated carbocycles. The third-order valence-corrected chi connectivity index (χ3v) is 3.00. The van der Waals surface area contributed by atoms with Gasteiger partial charge in [0.1, 0.15) is 0 Å². The summed E-state index contributed by atoms with van der Waals surface area (Å²) in [6, 6.07) is 4.87. The molecular formula is C14H17N3O2. The van der Waals surface area contributed by atoms with Crippen molar-refractivity contribution in [2.75, 3.05) is 18.5 Å². The maximum Gasteiger partial charge on any atom is 0.335 e. The van der Waals surface area contributed by atoms with Crippen molar-refractivity contribution in [3.8, 4) is 0 Å². The van der Waals surface area contributed by atoms with Gasteiger partial charge in [0, 0.05) is 25.2 Å². The highest BCUT2D eigenvalue weighted by molar-refractivity contribution is 5.93. The van der Waals surface area contributed by atoms with Crippen LogP contribution in [0.2, 0.25) is 0 Å². The van der Waals surface area contributed by atoms with Gasteiger partial charge in [-0.05, 0) is 24.6 Å². The second-order valence-electron chi connectivity index (χ2n) is 4.52. The van der Waals surface area contributed by atoms with Crippen molar-refractivity contribution in [3.63, 3.8) is 0 Å². The summed E-state index contributed by atoms with van der Waals surface area (Å²) < 4.78 is 0. The molecule has 1 N–H and O–H groups in total. The molecule has 0 aliphatic rings. The zero-order valence-electron chi connectivity index (χ0n) is 11.1. The second-order valence-corrected chi connectivity index (χ2v) is 4.52. The number of carboxylic acids is 1. The van der Waals surface area contributed by atoms with Gasteiger partial charge in [-0.2, -0.15) is 0 Å². The summed E-state index contributed by atoms with van der Waals surface area (Å²) in [6.07, 6.45) is 3.89. The summed E-state index contributed by atoms with van der Waals surface area (Å²) in [5.74, 6) is -0.268. The average molecular weight is 259 g/mol. The number of hydrogen-bond donors (Lipinski definition) is 1. The lowest BCUT2D eigenvalue weighted by Crippen LogP contribution is -2.20. The molecule has 1 aromatic heterocycles. The first-order valence-corrected chi connectivity index (χ1v) is 6.33. The molecule has 0 bridgehead atoms. The van der Waals surface area contributed by atoms with Crippen molar-refractivity contribution in [2.24, 2.45) is 0 Å². The summed E-state index contributed by atoms with van der Waals surface area (Å²) in [6.45, 7) is 3.05. The summed E-state index contributed by atoms with van der Waals surface area (Å²) >= 11 is 0. The molecule has 1 aromatic carbocycles. The Balaban J connectivity index is 2.31. The molecule has 19 heavy (non-hydrogen) atoms. The van der Waals surface area contributed by atoms with E-state index >= 15 is 0 Å². The van der Waals surface area contributed by atoms with Gasteiger partial charge in [0.25, 0.3) is 0 Å². The summed E-state index contributed by atoms with van der Waals surface area (Å²) in [5, 5.41) is 9.68. The Bertz CT molecular complexity index is 598. The molecule has 0 spiro atoms. The second kappa shape index (κ2) is 5.65. The molecule has 1 heterocycles. The highest BCUT2D eigenvalue weighted by atomic mass is 16.4. The van der Waals surface area contributed by atoms with Crippen molar-refractivity contribution < 1.29 is 9.90 Å². The summed E-state index contributed by atoms with van der Waals surface area (Å²) in [5.41, 5.74) is 1.02. The fourth-order valence-corrected chi connectivity index (χ4v) is 1.84. The van der Waals surface area contributed by atoms with Gasteiger partial charge < -0.3 is 10.0 Å². The molecule has 2 aromatic rings. The molecule has 0 atom stereocenters. The number of anilines is 1. The van der Waals surface area contributed by atoms with Crippen LogP contribution < -0.4 is 4.90 Å². The van der Waals surface area contributed by atoms with Gasteiger partial charge in [0.2, 0.25) is 5.95 Å². The van der Waals surface area contributed by atoms with Crippen LogP contribution in [0.1, 0.15) is 30.1 Å². The Morgan fingerprint density at radius 1 is 1.42 bits per heavy atom. The van der Waals surface area contributed by atoms with E-state index in [9.17, 15) is 4.79 Å². The van der Waals surface area contributed by atoms with Crippen LogP contribution in [0.3, 0.4) is 0 Å². The maximum absolute atomic E-state index is 10.9. The lowest BCUT2D eigenvalue weighted by molar-refractivity contribution is 0.0697. The molecule has 0 radical (unpaired) electrons. The topological polar surface area (TPSA) is 66.3 Å². The van der Waals surface area contributed by atoms with Crippen molar-refractivity contribution in [2.45, 2.75) is 19.8 Å². The Labute approximate surface area is 111 Å². The smallest absolute Gasteiger partial charge is 0.335 e. The van der Waals surface area contributed by atoms with E-state index in [1.807, 2.05) is 11.9 Å². The minimum Gasteiger partial charge on any atom is -0.478 e. The number of nitrogens with zero attached hydrogens (tertiary/aromatic N) is 3. The molecular weight excluding hydrogens is 242 g/mol. The average Bonchev–Trinajstić information content (AvgIpc) is 2.43. The number of aromatic nitrogens is 2. The van der Waals surface area contributed by atoms with E-state index in [1.165, 1.54) is 0 Å². The normalized spacial score (nSPS) is 10.6. The van der Waals surface area contributed by atoms with E-state index in [0.29, 0.717) is 5.95 Å². The Kier molecular flexibility index (Phi) is 3.94. The van der Waals surface area contributed by atoms with Crippen molar-refractivity contribution >= 4 is 22.8 Å². The molecule has 5 nitrogen and oxygen atoms in total. The van der Waals surface area contributed by atoms with E-state index in [4.69, 9.17) is 5.11 Å². The zero-order chi connectivity index (χ0) is 13.8. The maximum atomic E-state index is 10.9. The zero-order valence-corrected chi connectivity index (χ0v) is 11.1. The number of carboxylic acid groups (broad SMARTS) is 1. The molecule has 2 rings (SSSR count). The molecule has 0 saturated heterocycles. The van der Waals surface area contributed by atoms with Gasteiger partial charge in [0.15, 0.2) is 0 Å². The number of carbonyl (C=O) groups is 1. The van der Waals surface area contributed by atoms with Gasteiger partial charge in [-0.3, -0.25) is 0 Å². The van der Waals surface area contributed by atoms with Gasteiger partial charge in [-0.15, -0.1) is 0 Å². The molecule has 0 aliphatic heterocycles.